The third kappa shape index (κ3) is 7.01. The van der Waals surface area contributed by atoms with Crippen LogP contribution < -0.4 is 25.8 Å². The molecule has 0 radical (unpaired) electrons. The van der Waals surface area contributed by atoms with Crippen LogP contribution in [-0.2, 0) is 22.4 Å². The van der Waals surface area contributed by atoms with Crippen LogP contribution in [0.25, 0.3) is 0 Å². The van der Waals surface area contributed by atoms with Crippen molar-refractivity contribution in [1.82, 2.24) is 10.6 Å². The first-order chi connectivity index (χ1) is 15.5. The lowest BCUT2D eigenvalue weighted by Gasteiger charge is -2.15. The SMILES string of the molecule is COc1ccc(CC(=O)NC(N)=NC(Cc2ccccc2)C(=O)NCC2CC2)cc1OC. The Morgan fingerprint density at radius 1 is 1.06 bits per heavy atom. The predicted molar refractivity (Wildman–Crippen MR) is 123 cm³/mol. The number of nitrogens with two attached hydrogens (primary N) is 1. The molecule has 0 aromatic heterocycles. The summed E-state index contributed by atoms with van der Waals surface area (Å²) in [7, 11) is 3.08. The number of methoxy groups -OCH3 is 2. The van der Waals surface area contributed by atoms with E-state index in [4.69, 9.17) is 15.2 Å². The van der Waals surface area contributed by atoms with E-state index in [1.165, 1.54) is 7.11 Å². The molecule has 4 N–H and O–H groups in total. The number of nitrogens with one attached hydrogen (secondary N) is 2. The van der Waals surface area contributed by atoms with Gasteiger partial charge in [0.1, 0.15) is 6.04 Å². The van der Waals surface area contributed by atoms with Crippen molar-refractivity contribution in [2.45, 2.75) is 31.7 Å². The van der Waals surface area contributed by atoms with Crippen LogP contribution in [0.5, 0.6) is 11.5 Å². The molecule has 0 heterocycles. The fraction of sp³-hybridized carbons (Fsp3) is 0.375. The number of aliphatic imine (C=N–C) groups is 1. The van der Waals surface area contributed by atoms with Crippen molar-refractivity contribution in [2.75, 3.05) is 20.8 Å². The fourth-order valence-electron chi connectivity index (χ4n) is 3.28. The lowest BCUT2D eigenvalue weighted by Crippen LogP contribution is -2.42. The van der Waals surface area contributed by atoms with Crippen molar-refractivity contribution < 1.29 is 19.1 Å². The summed E-state index contributed by atoms with van der Waals surface area (Å²) in [5.41, 5.74) is 7.68. The van der Waals surface area contributed by atoms with Crippen LogP contribution >= 0.6 is 0 Å². The van der Waals surface area contributed by atoms with Crippen molar-refractivity contribution in [2.24, 2.45) is 16.6 Å². The van der Waals surface area contributed by atoms with Crippen LogP contribution in [0.3, 0.4) is 0 Å². The van der Waals surface area contributed by atoms with E-state index in [1.807, 2.05) is 30.3 Å². The summed E-state index contributed by atoms with van der Waals surface area (Å²) in [5, 5.41) is 5.53. The van der Waals surface area contributed by atoms with Crippen molar-refractivity contribution in [3.63, 3.8) is 0 Å². The van der Waals surface area contributed by atoms with Gasteiger partial charge in [0.25, 0.3) is 0 Å². The molecule has 2 aromatic carbocycles. The number of carbonyl (C=O) groups excluding carboxylic acids is 2. The summed E-state index contributed by atoms with van der Waals surface area (Å²) in [6.45, 7) is 0.644. The number of hydrogen-bond acceptors (Lipinski definition) is 5. The Kier molecular flexibility index (Phi) is 8.08. The summed E-state index contributed by atoms with van der Waals surface area (Å²) in [6, 6.07) is 14.1. The van der Waals surface area contributed by atoms with Crippen LogP contribution in [0.1, 0.15) is 24.0 Å². The van der Waals surface area contributed by atoms with Gasteiger partial charge in [-0.1, -0.05) is 36.4 Å². The maximum absolute atomic E-state index is 12.7. The highest BCUT2D eigenvalue weighted by atomic mass is 16.5. The molecule has 0 bridgehead atoms. The molecule has 1 aliphatic rings. The molecule has 170 valence electrons. The zero-order valence-corrected chi connectivity index (χ0v) is 18.5. The molecule has 1 aliphatic carbocycles. The second-order valence-corrected chi connectivity index (χ2v) is 7.82. The third-order valence-electron chi connectivity index (χ3n) is 5.21. The summed E-state index contributed by atoms with van der Waals surface area (Å²) < 4.78 is 10.5. The van der Waals surface area contributed by atoms with Gasteiger partial charge in [0.05, 0.1) is 20.6 Å². The van der Waals surface area contributed by atoms with Gasteiger partial charge in [0.2, 0.25) is 11.8 Å². The molecule has 8 heteroatoms. The molecule has 32 heavy (non-hydrogen) atoms. The minimum atomic E-state index is -0.725. The normalized spacial score (nSPS) is 14.4. The van der Waals surface area contributed by atoms with E-state index < -0.39 is 6.04 Å². The van der Waals surface area contributed by atoms with Crippen molar-refractivity contribution in [3.8, 4) is 11.5 Å². The number of guanidine groups is 1. The first-order valence-electron chi connectivity index (χ1n) is 10.6. The average Bonchev–Trinajstić information content (AvgIpc) is 3.62. The van der Waals surface area contributed by atoms with Crippen LogP contribution in [0.4, 0.5) is 0 Å². The molecule has 3 rings (SSSR count). The standard InChI is InChI=1S/C24H30N4O4/c1-31-20-11-10-18(13-21(20)32-2)14-22(29)28-24(25)27-19(12-16-6-4-3-5-7-16)23(30)26-15-17-8-9-17/h3-7,10-11,13,17,19H,8-9,12,14-15H2,1-2H3,(H,26,30)(H3,25,27,28,29). The van der Waals surface area contributed by atoms with E-state index in [-0.39, 0.29) is 24.2 Å². The zero-order chi connectivity index (χ0) is 22.9. The quantitative estimate of drug-likeness (QED) is 0.387. The number of nitrogens with zero attached hydrogens (tertiary/aromatic N) is 1. The first-order valence-corrected chi connectivity index (χ1v) is 10.6. The maximum atomic E-state index is 12.7. The summed E-state index contributed by atoms with van der Waals surface area (Å²) in [5.74, 6) is 1.05. The van der Waals surface area contributed by atoms with Gasteiger partial charge >= 0.3 is 0 Å². The van der Waals surface area contributed by atoms with Crippen LogP contribution in [0.15, 0.2) is 53.5 Å². The Labute approximate surface area is 188 Å². The number of benzene rings is 2. The highest BCUT2D eigenvalue weighted by Crippen LogP contribution is 2.28. The number of ether oxygens (including phenoxy) is 2. The molecule has 0 saturated heterocycles. The lowest BCUT2D eigenvalue weighted by atomic mass is 10.1. The average molecular weight is 439 g/mol. The molecule has 1 unspecified atom stereocenters. The molecule has 1 fully saturated rings. The number of hydrogen-bond donors (Lipinski definition) is 3. The van der Waals surface area contributed by atoms with Gasteiger partial charge in [-0.15, -0.1) is 0 Å². The van der Waals surface area contributed by atoms with Crippen molar-refractivity contribution in [3.05, 3.63) is 59.7 Å². The zero-order valence-electron chi connectivity index (χ0n) is 18.5. The first kappa shape index (κ1) is 23.1. The van der Waals surface area contributed by atoms with E-state index in [2.05, 4.69) is 15.6 Å². The Hall–Kier alpha value is -3.55. The smallest absolute Gasteiger partial charge is 0.245 e. The highest BCUT2D eigenvalue weighted by molar-refractivity contribution is 5.98. The second kappa shape index (κ2) is 11.2. The highest BCUT2D eigenvalue weighted by Gasteiger charge is 2.25. The van der Waals surface area contributed by atoms with Gasteiger partial charge in [0.15, 0.2) is 17.5 Å². The third-order valence-corrected chi connectivity index (χ3v) is 5.21. The molecule has 2 amide bonds. The molecule has 0 spiro atoms. The molecule has 2 aromatic rings. The van der Waals surface area contributed by atoms with E-state index in [9.17, 15) is 9.59 Å². The van der Waals surface area contributed by atoms with Gasteiger partial charge in [0, 0.05) is 13.0 Å². The van der Waals surface area contributed by atoms with E-state index in [0.29, 0.717) is 30.4 Å². The van der Waals surface area contributed by atoms with Gasteiger partial charge in [-0.3, -0.25) is 14.9 Å². The molecular weight excluding hydrogens is 408 g/mol. The minimum absolute atomic E-state index is 0.0772. The van der Waals surface area contributed by atoms with Gasteiger partial charge in [-0.2, -0.15) is 0 Å². The fourth-order valence-corrected chi connectivity index (χ4v) is 3.28. The van der Waals surface area contributed by atoms with Gasteiger partial charge < -0.3 is 20.5 Å². The van der Waals surface area contributed by atoms with E-state index >= 15 is 0 Å². The maximum Gasteiger partial charge on any atom is 0.245 e. The Morgan fingerprint density at radius 2 is 1.78 bits per heavy atom. The van der Waals surface area contributed by atoms with Crippen molar-refractivity contribution in [1.29, 1.82) is 0 Å². The van der Waals surface area contributed by atoms with Crippen LogP contribution in [0.2, 0.25) is 0 Å². The topological polar surface area (TPSA) is 115 Å². The second-order valence-electron chi connectivity index (χ2n) is 7.82. The molecule has 0 aliphatic heterocycles. The molecule has 1 saturated carbocycles. The number of amides is 2. The summed E-state index contributed by atoms with van der Waals surface area (Å²) in [6.07, 6.45) is 2.75. The van der Waals surface area contributed by atoms with Crippen LogP contribution in [-0.4, -0.2) is 44.6 Å². The Morgan fingerprint density at radius 3 is 2.44 bits per heavy atom. The lowest BCUT2D eigenvalue weighted by molar-refractivity contribution is -0.122. The minimum Gasteiger partial charge on any atom is -0.493 e. The van der Waals surface area contributed by atoms with Crippen LogP contribution in [0, 0.1) is 5.92 Å². The molecule has 8 nitrogen and oxygen atoms in total. The predicted octanol–water partition coefficient (Wildman–Crippen LogP) is 1.81. The largest absolute Gasteiger partial charge is 0.493 e. The van der Waals surface area contributed by atoms with Crippen molar-refractivity contribution >= 4 is 17.8 Å². The van der Waals surface area contributed by atoms with Gasteiger partial charge in [-0.05, 0) is 42.0 Å². The molecule has 1 atom stereocenters. The Bertz CT molecular complexity index is 958. The monoisotopic (exact) mass is 438 g/mol. The van der Waals surface area contributed by atoms with E-state index in [0.717, 1.165) is 24.0 Å². The molecular formula is C24H30N4O4. The Balaban J connectivity index is 1.64. The van der Waals surface area contributed by atoms with Gasteiger partial charge in [-0.25, -0.2) is 4.99 Å². The number of rotatable bonds is 10. The van der Waals surface area contributed by atoms with E-state index in [1.54, 1.807) is 25.3 Å². The number of carbonyl (C=O) groups is 2. The summed E-state index contributed by atoms with van der Waals surface area (Å²) in [4.78, 5) is 29.5. The summed E-state index contributed by atoms with van der Waals surface area (Å²) >= 11 is 0.